The maximum absolute atomic E-state index is 12.6. The summed E-state index contributed by atoms with van der Waals surface area (Å²) in [5.74, 6) is 0. The van der Waals surface area contributed by atoms with Crippen LogP contribution in [0.15, 0.2) is 35.3 Å². The van der Waals surface area contributed by atoms with Crippen LogP contribution in [0.3, 0.4) is 0 Å². The molecule has 0 radical (unpaired) electrons. The molecule has 0 saturated carbocycles. The van der Waals surface area contributed by atoms with Crippen molar-refractivity contribution in [3.05, 3.63) is 56.0 Å². The molecule has 1 N–H and O–H groups in total. The predicted octanol–water partition coefficient (Wildman–Crippen LogP) is 2.23. The molecule has 2 aromatic rings. The number of hydrogen-bond donors (Lipinski definition) is 1. The van der Waals surface area contributed by atoms with Crippen molar-refractivity contribution in [2.75, 3.05) is 45.6 Å². The first-order chi connectivity index (χ1) is 13.8. The van der Waals surface area contributed by atoms with Crippen LogP contribution in [0.1, 0.15) is 12.8 Å². The largest absolute Gasteiger partial charge is 0.380 e. The van der Waals surface area contributed by atoms with Gasteiger partial charge in [0.05, 0.1) is 22.5 Å². The van der Waals surface area contributed by atoms with Crippen molar-refractivity contribution >= 4 is 23.0 Å². The lowest BCUT2D eigenvalue weighted by molar-refractivity contribution is -0.384. The number of nitro benzene ring substituents is 1. The summed E-state index contributed by atoms with van der Waals surface area (Å²) in [5.41, 5.74) is 0.418. The van der Waals surface area contributed by atoms with Crippen molar-refractivity contribution in [3.63, 3.8) is 0 Å². The molecule has 1 aromatic carbocycles. The van der Waals surface area contributed by atoms with E-state index in [1.165, 1.54) is 30.5 Å². The Hall–Kier alpha value is -2.49. The first kappa shape index (κ1) is 21.2. The Morgan fingerprint density at radius 3 is 2.52 bits per heavy atom. The first-order valence-electron chi connectivity index (χ1n) is 9.51. The molecule has 10 heteroatoms. The van der Waals surface area contributed by atoms with Crippen molar-refractivity contribution in [2.45, 2.75) is 18.9 Å². The van der Waals surface area contributed by atoms with Crippen molar-refractivity contribution < 1.29 is 4.92 Å². The Balaban J connectivity index is 1.66. The van der Waals surface area contributed by atoms with Crippen LogP contribution in [0.4, 0.5) is 11.4 Å². The second-order valence-electron chi connectivity index (χ2n) is 7.43. The fourth-order valence-electron chi connectivity index (χ4n) is 3.30. The summed E-state index contributed by atoms with van der Waals surface area (Å²) >= 11 is 6.30. The molecule has 0 spiro atoms. The summed E-state index contributed by atoms with van der Waals surface area (Å²) in [4.78, 5) is 27.5. The van der Waals surface area contributed by atoms with E-state index in [0.717, 1.165) is 43.7 Å². The highest BCUT2D eigenvalue weighted by atomic mass is 35.5. The molecule has 0 bridgehead atoms. The highest BCUT2D eigenvalue weighted by molar-refractivity contribution is 6.32. The van der Waals surface area contributed by atoms with Crippen LogP contribution in [0.25, 0.3) is 5.69 Å². The number of aromatic nitrogens is 2. The monoisotopic (exact) mass is 420 g/mol. The van der Waals surface area contributed by atoms with Gasteiger partial charge in [-0.3, -0.25) is 14.9 Å². The number of likely N-dealkylation sites (N-methyl/N-ethyl adjacent to an activating group) is 1. The van der Waals surface area contributed by atoms with Crippen LogP contribution in [0.5, 0.6) is 0 Å². The van der Waals surface area contributed by atoms with E-state index < -0.39 is 10.5 Å². The lowest BCUT2D eigenvalue weighted by Gasteiger charge is -2.33. The summed E-state index contributed by atoms with van der Waals surface area (Å²) in [5, 5.41) is 18.4. The minimum Gasteiger partial charge on any atom is -0.380 e. The third-order valence-corrected chi connectivity index (χ3v) is 5.40. The molecule has 1 aliphatic heterocycles. The number of non-ortho nitro benzene ring substituents is 1. The Labute approximate surface area is 174 Å². The quantitative estimate of drug-likeness (QED) is 0.541. The number of rotatable bonds is 7. The number of likely N-dealkylation sites (tertiary alicyclic amines) is 1. The van der Waals surface area contributed by atoms with Crippen molar-refractivity contribution in [1.29, 1.82) is 0 Å². The second kappa shape index (κ2) is 9.34. The highest BCUT2D eigenvalue weighted by Crippen LogP contribution is 2.22. The second-order valence-corrected chi connectivity index (χ2v) is 7.80. The molecule has 1 fully saturated rings. The van der Waals surface area contributed by atoms with Gasteiger partial charge < -0.3 is 15.1 Å². The molecular formula is C19H25ClN6O3. The van der Waals surface area contributed by atoms with Crippen LogP contribution in [-0.4, -0.2) is 70.8 Å². The topological polar surface area (TPSA) is 96.5 Å². The van der Waals surface area contributed by atoms with Gasteiger partial charge in [0.15, 0.2) is 0 Å². The van der Waals surface area contributed by atoms with Gasteiger partial charge >= 0.3 is 0 Å². The van der Waals surface area contributed by atoms with Crippen LogP contribution >= 0.6 is 11.6 Å². The number of halogens is 1. The van der Waals surface area contributed by atoms with Crippen molar-refractivity contribution in [2.24, 2.45) is 0 Å². The zero-order valence-corrected chi connectivity index (χ0v) is 17.3. The van der Waals surface area contributed by atoms with Crippen LogP contribution in [0.2, 0.25) is 5.02 Å². The summed E-state index contributed by atoms with van der Waals surface area (Å²) in [6.07, 6.45) is 3.47. The van der Waals surface area contributed by atoms with Gasteiger partial charge in [-0.1, -0.05) is 11.6 Å². The molecule has 0 aliphatic carbocycles. The van der Waals surface area contributed by atoms with E-state index in [4.69, 9.17) is 11.6 Å². The van der Waals surface area contributed by atoms with Gasteiger partial charge in [0.1, 0.15) is 5.02 Å². The average Bonchev–Trinajstić information content (AvgIpc) is 2.71. The molecule has 0 amide bonds. The SMILES string of the molecule is CN(C)CCN1CCC(Nc2cnn(-c3ccc([N+](=O)[O-])cc3)c(=O)c2Cl)CC1. The fraction of sp³-hybridized carbons (Fsp3) is 0.474. The van der Waals surface area contributed by atoms with Gasteiger partial charge in [0.2, 0.25) is 0 Å². The van der Waals surface area contributed by atoms with Crippen molar-refractivity contribution in [3.8, 4) is 5.69 Å². The summed E-state index contributed by atoms with van der Waals surface area (Å²) in [6.45, 7) is 4.08. The predicted molar refractivity (Wildman–Crippen MR) is 113 cm³/mol. The van der Waals surface area contributed by atoms with E-state index in [-0.39, 0.29) is 16.8 Å². The van der Waals surface area contributed by atoms with Gasteiger partial charge in [-0.05, 0) is 39.1 Å². The van der Waals surface area contributed by atoms with E-state index in [1.54, 1.807) is 0 Å². The van der Waals surface area contributed by atoms with Gasteiger partial charge in [-0.15, -0.1) is 0 Å². The molecule has 0 atom stereocenters. The normalized spacial score (nSPS) is 15.6. The molecule has 3 rings (SSSR count). The molecule has 1 aromatic heterocycles. The maximum Gasteiger partial charge on any atom is 0.292 e. The van der Waals surface area contributed by atoms with Crippen molar-refractivity contribution in [1.82, 2.24) is 19.6 Å². The van der Waals surface area contributed by atoms with E-state index >= 15 is 0 Å². The molecule has 1 saturated heterocycles. The molecule has 29 heavy (non-hydrogen) atoms. The number of anilines is 1. The fourth-order valence-corrected chi connectivity index (χ4v) is 3.48. The zero-order valence-electron chi connectivity index (χ0n) is 16.5. The number of piperidine rings is 1. The smallest absolute Gasteiger partial charge is 0.292 e. The number of nitrogens with zero attached hydrogens (tertiary/aromatic N) is 5. The third kappa shape index (κ3) is 5.31. The summed E-state index contributed by atoms with van der Waals surface area (Å²) in [7, 11) is 4.14. The summed E-state index contributed by atoms with van der Waals surface area (Å²) in [6, 6.07) is 5.83. The third-order valence-electron chi connectivity index (χ3n) is 5.03. The number of hydrogen-bond acceptors (Lipinski definition) is 7. The Kier molecular flexibility index (Phi) is 6.83. The number of nitrogens with one attached hydrogen (secondary N) is 1. The van der Waals surface area contributed by atoms with E-state index in [0.29, 0.717) is 11.4 Å². The number of benzene rings is 1. The number of nitro groups is 1. The minimum absolute atomic E-state index is 0.0527. The molecule has 1 aliphatic rings. The lowest BCUT2D eigenvalue weighted by Crippen LogP contribution is -2.42. The van der Waals surface area contributed by atoms with Crippen LogP contribution < -0.4 is 10.9 Å². The molecular weight excluding hydrogens is 396 g/mol. The zero-order chi connectivity index (χ0) is 21.0. The average molecular weight is 421 g/mol. The van der Waals surface area contributed by atoms with E-state index in [1.807, 2.05) is 0 Å². The highest BCUT2D eigenvalue weighted by Gasteiger charge is 2.21. The van der Waals surface area contributed by atoms with E-state index in [9.17, 15) is 14.9 Å². The van der Waals surface area contributed by atoms with Crippen LogP contribution in [-0.2, 0) is 0 Å². The van der Waals surface area contributed by atoms with Gasteiger partial charge in [-0.2, -0.15) is 9.78 Å². The van der Waals surface area contributed by atoms with Gasteiger partial charge in [0, 0.05) is 44.4 Å². The summed E-state index contributed by atoms with van der Waals surface area (Å²) < 4.78 is 1.14. The Bertz CT molecular complexity index is 907. The molecule has 156 valence electrons. The Morgan fingerprint density at radius 1 is 1.28 bits per heavy atom. The lowest BCUT2D eigenvalue weighted by atomic mass is 10.0. The van der Waals surface area contributed by atoms with E-state index in [2.05, 4.69) is 34.3 Å². The molecule has 2 heterocycles. The molecule has 9 nitrogen and oxygen atoms in total. The van der Waals surface area contributed by atoms with Crippen LogP contribution in [0, 0.1) is 10.1 Å². The first-order valence-corrected chi connectivity index (χ1v) is 9.89. The minimum atomic E-state index is -0.494. The Morgan fingerprint density at radius 2 is 1.93 bits per heavy atom. The maximum atomic E-state index is 12.6. The molecule has 0 unspecified atom stereocenters. The van der Waals surface area contributed by atoms with Gasteiger partial charge in [-0.25, -0.2) is 0 Å². The van der Waals surface area contributed by atoms with Gasteiger partial charge in [0.25, 0.3) is 11.2 Å². The standard InChI is InChI=1S/C19H25ClN6O3/c1-23(2)11-12-24-9-7-14(8-10-24)22-17-13-21-25(19(27)18(17)20)15-3-5-16(6-4-15)26(28)29/h3-6,13-14,22H,7-12H2,1-2H3.